The van der Waals surface area contributed by atoms with Crippen molar-refractivity contribution in [1.29, 1.82) is 0 Å². The van der Waals surface area contributed by atoms with Crippen LogP contribution in [0.25, 0.3) is 11.3 Å². The van der Waals surface area contributed by atoms with Gasteiger partial charge in [0, 0.05) is 18.0 Å². The van der Waals surface area contributed by atoms with Crippen LogP contribution in [-0.4, -0.2) is 9.97 Å². The van der Waals surface area contributed by atoms with E-state index in [0.717, 1.165) is 0 Å². The third-order valence-electron chi connectivity index (χ3n) is 1.93. The quantitative estimate of drug-likeness (QED) is 0.689. The van der Waals surface area contributed by atoms with Crippen LogP contribution in [0.4, 0.5) is 15.8 Å². The van der Waals surface area contributed by atoms with Gasteiger partial charge in [0.15, 0.2) is 0 Å². The fraction of sp³-hybridized carbons (Fsp3) is 0. The Hall–Kier alpha value is -2.17. The van der Waals surface area contributed by atoms with Gasteiger partial charge in [-0.1, -0.05) is 0 Å². The van der Waals surface area contributed by atoms with Gasteiger partial charge in [-0.25, -0.2) is 4.98 Å². The highest BCUT2D eigenvalue weighted by atomic mass is 19.1. The smallest absolute Gasteiger partial charge is 0.236 e. The molecule has 0 aliphatic heterocycles. The van der Waals surface area contributed by atoms with Crippen LogP contribution in [0.1, 0.15) is 0 Å². The number of hydrogen-bond donors (Lipinski definition) is 2. The molecule has 2 rings (SSSR count). The molecule has 0 saturated heterocycles. The van der Waals surface area contributed by atoms with Crippen molar-refractivity contribution in [1.82, 2.24) is 9.97 Å². The summed E-state index contributed by atoms with van der Waals surface area (Å²) < 4.78 is 13.1. The van der Waals surface area contributed by atoms with Crippen molar-refractivity contribution < 1.29 is 4.39 Å². The van der Waals surface area contributed by atoms with Gasteiger partial charge in [0.1, 0.15) is 0 Å². The lowest BCUT2D eigenvalue weighted by molar-refractivity contribution is 0.590. The summed E-state index contributed by atoms with van der Waals surface area (Å²) in [6, 6.07) is 4.75. The predicted octanol–water partition coefficient (Wildman–Crippen LogP) is 1.45. The summed E-state index contributed by atoms with van der Waals surface area (Å²) in [4.78, 5) is 7.59. The van der Waals surface area contributed by atoms with Crippen LogP contribution >= 0.6 is 0 Å². The molecule has 0 fully saturated rings. The van der Waals surface area contributed by atoms with Crippen LogP contribution in [0.2, 0.25) is 0 Å². The van der Waals surface area contributed by atoms with Gasteiger partial charge < -0.3 is 11.5 Å². The Morgan fingerprint density at radius 2 is 1.93 bits per heavy atom. The van der Waals surface area contributed by atoms with Crippen molar-refractivity contribution in [2.45, 2.75) is 0 Å². The van der Waals surface area contributed by atoms with Crippen molar-refractivity contribution in [2.75, 3.05) is 11.5 Å². The Kier molecular flexibility index (Phi) is 2.21. The fourth-order valence-corrected chi connectivity index (χ4v) is 1.20. The number of nitrogens with two attached hydrogens (primary N) is 2. The molecule has 2 aromatic heterocycles. The number of aromatic nitrogens is 2. The summed E-state index contributed by atoms with van der Waals surface area (Å²) >= 11 is 0. The number of nitrogen functional groups attached to an aromatic ring is 2. The molecule has 0 bridgehead atoms. The first-order valence-corrected chi connectivity index (χ1v) is 4.30. The van der Waals surface area contributed by atoms with Crippen LogP contribution in [0, 0.1) is 5.95 Å². The highest BCUT2D eigenvalue weighted by Gasteiger charge is 2.04. The lowest BCUT2D eigenvalue weighted by atomic mass is 10.2. The van der Waals surface area contributed by atoms with Crippen LogP contribution in [0.15, 0.2) is 30.6 Å². The van der Waals surface area contributed by atoms with Gasteiger partial charge in [-0.05, 0) is 18.2 Å². The van der Waals surface area contributed by atoms with Gasteiger partial charge in [0.05, 0.1) is 17.1 Å². The highest BCUT2D eigenvalue weighted by Crippen LogP contribution is 2.20. The summed E-state index contributed by atoms with van der Waals surface area (Å²) in [5, 5.41) is 0. The molecule has 2 heterocycles. The standard InChI is InChI=1S/C10H9FN4/c11-10-8(13)1-2-9(15-10)6-3-7(12)5-14-4-6/h1-5H,12-13H2. The topological polar surface area (TPSA) is 77.8 Å². The zero-order valence-corrected chi connectivity index (χ0v) is 7.81. The minimum atomic E-state index is -0.685. The number of hydrogen-bond acceptors (Lipinski definition) is 4. The molecule has 0 saturated carbocycles. The second kappa shape index (κ2) is 3.53. The maximum absolute atomic E-state index is 13.1. The molecule has 0 spiro atoms. The van der Waals surface area contributed by atoms with Crippen LogP contribution < -0.4 is 11.5 Å². The number of nitrogens with zero attached hydrogens (tertiary/aromatic N) is 2. The molecule has 2 aromatic rings. The monoisotopic (exact) mass is 204 g/mol. The average Bonchev–Trinajstić information content (AvgIpc) is 2.22. The largest absolute Gasteiger partial charge is 0.397 e. The summed E-state index contributed by atoms with van der Waals surface area (Å²) in [6.45, 7) is 0. The van der Waals surface area contributed by atoms with Gasteiger partial charge in [-0.3, -0.25) is 4.98 Å². The third-order valence-corrected chi connectivity index (χ3v) is 1.93. The lowest BCUT2D eigenvalue weighted by Gasteiger charge is -2.02. The molecular weight excluding hydrogens is 195 g/mol. The Morgan fingerprint density at radius 3 is 2.60 bits per heavy atom. The molecule has 5 heteroatoms. The summed E-state index contributed by atoms with van der Waals surface area (Å²) in [5.74, 6) is -0.685. The number of halogens is 1. The third kappa shape index (κ3) is 1.85. The Labute approximate surface area is 85.8 Å². The first-order valence-electron chi connectivity index (χ1n) is 4.30. The lowest BCUT2D eigenvalue weighted by Crippen LogP contribution is -1.96. The van der Waals surface area contributed by atoms with Crippen LogP contribution in [-0.2, 0) is 0 Å². The molecule has 0 atom stereocenters. The first-order chi connectivity index (χ1) is 7.16. The average molecular weight is 204 g/mol. The second-order valence-electron chi connectivity index (χ2n) is 3.08. The number of rotatable bonds is 1. The van der Waals surface area contributed by atoms with Crippen LogP contribution in [0.5, 0.6) is 0 Å². The Morgan fingerprint density at radius 1 is 1.13 bits per heavy atom. The summed E-state index contributed by atoms with van der Waals surface area (Å²) in [7, 11) is 0. The maximum Gasteiger partial charge on any atom is 0.236 e. The minimum absolute atomic E-state index is 0.0237. The Balaban J connectivity index is 2.50. The molecule has 4 nitrogen and oxygen atoms in total. The van der Waals surface area contributed by atoms with E-state index in [2.05, 4.69) is 9.97 Å². The van der Waals surface area contributed by atoms with Crippen molar-refractivity contribution in [3.8, 4) is 11.3 Å². The van der Waals surface area contributed by atoms with E-state index in [0.29, 0.717) is 16.9 Å². The summed E-state index contributed by atoms with van der Waals surface area (Å²) in [5.41, 5.74) is 12.5. The molecule has 0 aliphatic rings. The molecule has 76 valence electrons. The van der Waals surface area contributed by atoms with Gasteiger partial charge in [-0.2, -0.15) is 4.39 Å². The maximum atomic E-state index is 13.1. The van der Waals surface area contributed by atoms with E-state index in [1.54, 1.807) is 18.3 Å². The normalized spacial score (nSPS) is 10.2. The van der Waals surface area contributed by atoms with Crippen LogP contribution in [0.3, 0.4) is 0 Å². The van der Waals surface area contributed by atoms with E-state index in [-0.39, 0.29) is 5.69 Å². The van der Waals surface area contributed by atoms with E-state index >= 15 is 0 Å². The van der Waals surface area contributed by atoms with Crippen molar-refractivity contribution in [2.24, 2.45) is 0 Å². The van der Waals surface area contributed by atoms with Gasteiger partial charge >= 0.3 is 0 Å². The highest BCUT2D eigenvalue weighted by molar-refractivity contribution is 5.63. The second-order valence-corrected chi connectivity index (χ2v) is 3.08. The molecule has 0 aliphatic carbocycles. The fourth-order valence-electron chi connectivity index (χ4n) is 1.20. The number of anilines is 2. The molecule has 0 amide bonds. The van der Waals surface area contributed by atoms with E-state index in [1.165, 1.54) is 12.3 Å². The molecule has 0 aromatic carbocycles. The molecule has 15 heavy (non-hydrogen) atoms. The molecule has 4 N–H and O–H groups in total. The van der Waals surface area contributed by atoms with E-state index in [4.69, 9.17) is 11.5 Å². The van der Waals surface area contributed by atoms with Gasteiger partial charge in [-0.15, -0.1) is 0 Å². The molecular formula is C10H9FN4. The van der Waals surface area contributed by atoms with Gasteiger partial charge in [0.25, 0.3) is 0 Å². The van der Waals surface area contributed by atoms with Crippen molar-refractivity contribution >= 4 is 11.4 Å². The number of pyridine rings is 2. The van der Waals surface area contributed by atoms with E-state index < -0.39 is 5.95 Å². The van der Waals surface area contributed by atoms with E-state index in [9.17, 15) is 4.39 Å². The Bertz CT molecular complexity index is 499. The first kappa shape index (κ1) is 9.39. The zero-order chi connectivity index (χ0) is 10.8. The van der Waals surface area contributed by atoms with Crippen molar-refractivity contribution in [3.63, 3.8) is 0 Å². The van der Waals surface area contributed by atoms with Crippen molar-refractivity contribution in [3.05, 3.63) is 36.5 Å². The zero-order valence-electron chi connectivity index (χ0n) is 7.81. The summed E-state index contributed by atoms with van der Waals surface area (Å²) in [6.07, 6.45) is 3.07. The SMILES string of the molecule is Nc1cncc(-c2ccc(N)c(F)n2)c1. The predicted molar refractivity (Wildman–Crippen MR) is 56.3 cm³/mol. The minimum Gasteiger partial charge on any atom is -0.397 e. The van der Waals surface area contributed by atoms with Gasteiger partial charge in [0.2, 0.25) is 5.95 Å². The van der Waals surface area contributed by atoms with E-state index in [1.807, 2.05) is 0 Å². The molecule has 0 unspecified atom stereocenters. The molecule has 0 radical (unpaired) electrons.